The van der Waals surface area contributed by atoms with Crippen molar-refractivity contribution in [2.45, 2.75) is 24.3 Å². The van der Waals surface area contributed by atoms with Crippen molar-refractivity contribution in [3.05, 3.63) is 41.5 Å². The zero-order chi connectivity index (χ0) is 22.4. The maximum Gasteiger partial charge on any atom is 0.240 e. The van der Waals surface area contributed by atoms with Gasteiger partial charge >= 0.3 is 0 Å². The van der Waals surface area contributed by atoms with E-state index in [0.717, 1.165) is 37.6 Å². The van der Waals surface area contributed by atoms with Gasteiger partial charge in [-0.05, 0) is 54.8 Å². The highest BCUT2D eigenvalue weighted by atomic mass is 35.5. The Morgan fingerprint density at radius 3 is 2.09 bits per heavy atom. The molecule has 0 saturated heterocycles. The van der Waals surface area contributed by atoms with Gasteiger partial charge in [-0.1, -0.05) is 0 Å². The third-order valence-corrected chi connectivity index (χ3v) is 6.86. The Bertz CT molecular complexity index is 1020. The smallest absolute Gasteiger partial charge is 0.240 e. The van der Waals surface area contributed by atoms with Crippen molar-refractivity contribution in [2.24, 2.45) is 0 Å². The van der Waals surface area contributed by atoms with Crippen LogP contribution < -0.4 is 23.7 Å². The maximum atomic E-state index is 12.6. The molecule has 0 saturated carbocycles. The van der Waals surface area contributed by atoms with Crippen molar-refractivity contribution in [3.63, 3.8) is 0 Å². The molecule has 3 rings (SSSR count). The number of sulfonamides is 1. The molecule has 1 aliphatic heterocycles. The van der Waals surface area contributed by atoms with Crippen LogP contribution in [0.15, 0.2) is 35.2 Å². The lowest BCUT2D eigenvalue weighted by Crippen LogP contribution is -2.33. The molecule has 178 valence electrons. The van der Waals surface area contributed by atoms with E-state index in [1.54, 1.807) is 20.3 Å². The van der Waals surface area contributed by atoms with Gasteiger partial charge in [0.05, 0.1) is 33.3 Å². The first kappa shape index (κ1) is 26.1. The van der Waals surface area contributed by atoms with Crippen LogP contribution in [-0.4, -0.2) is 61.4 Å². The van der Waals surface area contributed by atoms with E-state index < -0.39 is 10.0 Å². The molecule has 10 heteroatoms. The molecule has 0 amide bonds. The maximum absolute atomic E-state index is 12.6. The zero-order valence-electron chi connectivity index (χ0n) is 18.8. The SMILES string of the molecule is COc1ccc(S(=O)(=O)NCCCN2CCc3cc(OC)c(OC)cc3C2)cc1OC.Cl. The number of rotatable bonds is 10. The molecule has 0 radical (unpaired) electrons. The first-order valence-corrected chi connectivity index (χ1v) is 11.6. The summed E-state index contributed by atoms with van der Waals surface area (Å²) in [6.07, 6.45) is 1.63. The first-order chi connectivity index (χ1) is 14.9. The minimum Gasteiger partial charge on any atom is -0.493 e. The fraction of sp³-hybridized carbons (Fsp3) is 0.455. The van der Waals surface area contributed by atoms with Crippen LogP contribution in [-0.2, 0) is 23.0 Å². The van der Waals surface area contributed by atoms with Crippen LogP contribution in [0.2, 0.25) is 0 Å². The number of hydrogen-bond donors (Lipinski definition) is 1. The van der Waals surface area contributed by atoms with E-state index in [-0.39, 0.29) is 17.3 Å². The Labute approximate surface area is 196 Å². The lowest BCUT2D eigenvalue weighted by atomic mass is 9.98. The van der Waals surface area contributed by atoms with E-state index in [1.165, 1.54) is 37.5 Å². The molecular weight excluding hydrogens is 456 g/mol. The summed E-state index contributed by atoms with van der Waals surface area (Å²) in [5.41, 5.74) is 2.48. The van der Waals surface area contributed by atoms with Crippen LogP contribution in [0, 0.1) is 0 Å². The molecule has 8 nitrogen and oxygen atoms in total. The molecule has 0 aliphatic carbocycles. The second-order valence-electron chi connectivity index (χ2n) is 7.27. The van der Waals surface area contributed by atoms with Crippen molar-refractivity contribution in [2.75, 3.05) is 48.1 Å². The predicted molar refractivity (Wildman–Crippen MR) is 125 cm³/mol. The number of nitrogens with one attached hydrogen (secondary N) is 1. The average molecular weight is 487 g/mol. The summed E-state index contributed by atoms with van der Waals surface area (Å²) in [6.45, 7) is 2.87. The summed E-state index contributed by atoms with van der Waals surface area (Å²) in [6, 6.07) is 8.63. The van der Waals surface area contributed by atoms with Crippen LogP contribution in [0.1, 0.15) is 17.5 Å². The quantitative estimate of drug-likeness (QED) is 0.517. The summed E-state index contributed by atoms with van der Waals surface area (Å²) in [4.78, 5) is 2.47. The lowest BCUT2D eigenvalue weighted by molar-refractivity contribution is 0.250. The minimum absolute atomic E-state index is 0. The minimum atomic E-state index is -3.62. The fourth-order valence-corrected chi connectivity index (χ4v) is 4.80. The van der Waals surface area contributed by atoms with Crippen LogP contribution in [0.3, 0.4) is 0 Å². The van der Waals surface area contributed by atoms with Crippen LogP contribution in [0.25, 0.3) is 0 Å². The highest BCUT2D eigenvalue weighted by Gasteiger charge is 2.20. The Morgan fingerprint density at radius 2 is 1.47 bits per heavy atom. The molecule has 0 fully saturated rings. The molecule has 1 aliphatic rings. The lowest BCUT2D eigenvalue weighted by Gasteiger charge is -2.29. The highest BCUT2D eigenvalue weighted by molar-refractivity contribution is 7.89. The van der Waals surface area contributed by atoms with Gasteiger partial charge in [-0.3, -0.25) is 4.90 Å². The third-order valence-electron chi connectivity index (χ3n) is 5.41. The molecule has 1 N–H and O–H groups in total. The number of benzene rings is 2. The molecule has 2 aromatic carbocycles. The van der Waals surface area contributed by atoms with Crippen molar-refractivity contribution < 1.29 is 27.4 Å². The second-order valence-corrected chi connectivity index (χ2v) is 9.04. The third kappa shape index (κ3) is 5.98. The monoisotopic (exact) mass is 486 g/mol. The van der Waals surface area contributed by atoms with E-state index >= 15 is 0 Å². The Morgan fingerprint density at radius 1 is 0.875 bits per heavy atom. The van der Waals surface area contributed by atoms with E-state index in [9.17, 15) is 8.42 Å². The van der Waals surface area contributed by atoms with Crippen molar-refractivity contribution >= 4 is 22.4 Å². The van der Waals surface area contributed by atoms with Crippen LogP contribution in [0.4, 0.5) is 0 Å². The van der Waals surface area contributed by atoms with Gasteiger partial charge < -0.3 is 18.9 Å². The van der Waals surface area contributed by atoms with E-state index in [4.69, 9.17) is 18.9 Å². The molecular formula is C22H31ClN2O6S. The summed E-state index contributed by atoms with van der Waals surface area (Å²) in [5, 5.41) is 0. The number of ether oxygens (including phenoxy) is 4. The van der Waals surface area contributed by atoms with Crippen molar-refractivity contribution in [3.8, 4) is 23.0 Å². The molecule has 2 aromatic rings. The number of nitrogens with zero attached hydrogens (tertiary/aromatic N) is 1. The van der Waals surface area contributed by atoms with E-state index in [0.29, 0.717) is 24.5 Å². The Hall–Kier alpha value is -2.20. The van der Waals surface area contributed by atoms with Gasteiger partial charge in [0.25, 0.3) is 0 Å². The molecule has 0 aromatic heterocycles. The van der Waals surface area contributed by atoms with Gasteiger partial charge in [-0.15, -0.1) is 12.4 Å². The van der Waals surface area contributed by atoms with Crippen LogP contribution >= 0.6 is 12.4 Å². The van der Waals surface area contributed by atoms with Gasteiger partial charge in [0, 0.05) is 25.7 Å². The predicted octanol–water partition coefficient (Wildman–Crippen LogP) is 2.87. The highest BCUT2D eigenvalue weighted by Crippen LogP contribution is 2.33. The molecule has 32 heavy (non-hydrogen) atoms. The Balaban J connectivity index is 0.00000363. The van der Waals surface area contributed by atoms with E-state index in [2.05, 4.69) is 9.62 Å². The summed E-state index contributed by atoms with van der Waals surface area (Å²) < 4.78 is 49.0. The molecule has 0 unspecified atom stereocenters. The number of hydrogen-bond acceptors (Lipinski definition) is 7. The number of methoxy groups -OCH3 is 4. The summed E-state index contributed by atoms with van der Waals surface area (Å²) >= 11 is 0. The standard InChI is InChI=1S/C22H30N2O6S.ClH/c1-27-19-7-6-18(14-22(19)30-4)31(25,26)23-9-5-10-24-11-8-16-12-20(28-2)21(29-3)13-17(16)15-24;/h6-7,12-14,23H,5,8-11,15H2,1-4H3;1H. The second kappa shape index (κ2) is 11.6. The topological polar surface area (TPSA) is 86.3 Å². The fourth-order valence-electron chi connectivity index (χ4n) is 3.71. The van der Waals surface area contributed by atoms with Gasteiger partial charge in [0.1, 0.15) is 0 Å². The number of halogens is 1. The molecule has 0 bridgehead atoms. The first-order valence-electron chi connectivity index (χ1n) is 10.1. The summed E-state index contributed by atoms with van der Waals surface area (Å²) in [7, 11) is 2.64. The van der Waals surface area contributed by atoms with Gasteiger partial charge in [0.15, 0.2) is 23.0 Å². The molecule has 0 atom stereocenters. The number of fused-ring (bicyclic) bond motifs is 1. The zero-order valence-corrected chi connectivity index (χ0v) is 20.5. The average Bonchev–Trinajstić information content (AvgIpc) is 2.80. The van der Waals surface area contributed by atoms with Crippen molar-refractivity contribution in [1.82, 2.24) is 9.62 Å². The molecule has 1 heterocycles. The van der Waals surface area contributed by atoms with Gasteiger partial charge in [-0.25, -0.2) is 13.1 Å². The van der Waals surface area contributed by atoms with Crippen LogP contribution in [0.5, 0.6) is 23.0 Å². The Kier molecular flexibility index (Phi) is 9.45. The summed E-state index contributed by atoms with van der Waals surface area (Å²) in [5.74, 6) is 2.34. The van der Waals surface area contributed by atoms with Gasteiger partial charge in [0.2, 0.25) is 10.0 Å². The normalized spacial score (nSPS) is 13.6. The van der Waals surface area contributed by atoms with Gasteiger partial charge in [-0.2, -0.15) is 0 Å². The van der Waals surface area contributed by atoms with Crippen molar-refractivity contribution in [1.29, 1.82) is 0 Å². The van der Waals surface area contributed by atoms with E-state index in [1.807, 2.05) is 12.1 Å². The molecule has 0 spiro atoms. The largest absolute Gasteiger partial charge is 0.493 e.